The van der Waals surface area contributed by atoms with Crippen molar-refractivity contribution in [3.05, 3.63) is 77.5 Å². The first-order valence-electron chi connectivity index (χ1n) is 9.54. The molecule has 1 amide bonds. The summed E-state index contributed by atoms with van der Waals surface area (Å²) in [4.78, 5) is 20.0. The normalized spacial score (nSPS) is 13.3. The maximum absolute atomic E-state index is 12.3. The molecular weight excluding hydrogens is 350 g/mol. The Balaban J connectivity index is 1.79. The fourth-order valence-corrected chi connectivity index (χ4v) is 3.26. The highest BCUT2D eigenvalue weighted by Gasteiger charge is 2.09. The van der Waals surface area contributed by atoms with Crippen LogP contribution in [0.2, 0.25) is 0 Å². The van der Waals surface area contributed by atoms with Crippen LogP contribution in [0.25, 0.3) is 21.8 Å². The molecule has 2 heterocycles. The maximum Gasteiger partial charge on any atom is 0.280 e. The van der Waals surface area contributed by atoms with Gasteiger partial charge in [0.2, 0.25) is 0 Å². The molecule has 0 aliphatic heterocycles. The van der Waals surface area contributed by atoms with Crippen molar-refractivity contribution in [2.75, 3.05) is 0 Å². The summed E-state index contributed by atoms with van der Waals surface area (Å²) in [5.74, 6) is -0.317. The summed E-state index contributed by atoms with van der Waals surface area (Å²) < 4.78 is 4.97. The van der Waals surface area contributed by atoms with Crippen molar-refractivity contribution in [3.8, 4) is 0 Å². The first-order chi connectivity index (χ1) is 13.7. The zero-order valence-electron chi connectivity index (χ0n) is 16.0. The van der Waals surface area contributed by atoms with Crippen molar-refractivity contribution in [1.82, 2.24) is 10.3 Å². The lowest BCUT2D eigenvalue weighted by atomic mass is 10.1. The van der Waals surface area contributed by atoms with Crippen molar-refractivity contribution in [1.29, 1.82) is 0 Å². The largest absolute Gasteiger partial charge is 0.472 e. The number of benzene rings is 1. The van der Waals surface area contributed by atoms with Crippen LogP contribution in [0.15, 0.2) is 70.5 Å². The van der Waals surface area contributed by atoms with Gasteiger partial charge in [-0.05, 0) is 37.1 Å². The molecule has 4 aromatic rings. The first kappa shape index (κ1) is 18.2. The summed E-state index contributed by atoms with van der Waals surface area (Å²) in [5.41, 5.74) is 3.74. The Hall–Kier alpha value is -3.18. The summed E-state index contributed by atoms with van der Waals surface area (Å²) in [5, 5.41) is 6.43. The van der Waals surface area contributed by atoms with Gasteiger partial charge < -0.3 is 14.7 Å². The Morgan fingerprint density at radius 3 is 2.79 bits per heavy atom. The van der Waals surface area contributed by atoms with Gasteiger partial charge in [-0.2, -0.15) is 0 Å². The lowest BCUT2D eigenvalue weighted by Gasteiger charge is -2.11. The van der Waals surface area contributed by atoms with Gasteiger partial charge >= 0.3 is 0 Å². The van der Waals surface area contributed by atoms with Crippen LogP contribution < -0.4 is 10.7 Å². The van der Waals surface area contributed by atoms with Gasteiger partial charge in [-0.15, -0.1) is 0 Å². The van der Waals surface area contributed by atoms with Gasteiger partial charge in [0.1, 0.15) is 6.26 Å². The van der Waals surface area contributed by atoms with Crippen molar-refractivity contribution in [2.45, 2.75) is 32.9 Å². The summed E-state index contributed by atoms with van der Waals surface area (Å²) in [7, 11) is 0. The second-order valence-electron chi connectivity index (χ2n) is 7.01. The minimum absolute atomic E-state index is 0.317. The molecule has 2 aromatic carbocycles. The summed E-state index contributed by atoms with van der Waals surface area (Å²) in [6.45, 7) is 5.18. The van der Waals surface area contributed by atoms with Gasteiger partial charge in [-0.3, -0.25) is 4.79 Å². The number of carbonyl (C=O) groups excluding carboxylic acids is 1. The minimum atomic E-state index is -0.317. The molecule has 2 aromatic heterocycles. The highest BCUT2D eigenvalue weighted by atomic mass is 16.3. The third kappa shape index (κ3) is 3.62. The van der Waals surface area contributed by atoms with E-state index in [-0.39, 0.29) is 5.91 Å². The van der Waals surface area contributed by atoms with Gasteiger partial charge in [0, 0.05) is 28.9 Å². The van der Waals surface area contributed by atoms with Crippen LogP contribution in [0.1, 0.15) is 36.2 Å². The van der Waals surface area contributed by atoms with Crippen LogP contribution in [-0.4, -0.2) is 16.9 Å². The molecule has 5 nitrogen and oxygen atoms in total. The number of rotatable bonds is 5. The quantitative estimate of drug-likeness (QED) is 0.539. The van der Waals surface area contributed by atoms with Gasteiger partial charge in [-0.1, -0.05) is 37.3 Å². The molecule has 0 radical (unpaired) electrons. The minimum Gasteiger partial charge on any atom is -0.472 e. The predicted molar refractivity (Wildman–Crippen MR) is 111 cm³/mol. The topological polar surface area (TPSA) is 70.4 Å². The van der Waals surface area contributed by atoms with Crippen LogP contribution >= 0.6 is 0 Å². The summed E-state index contributed by atoms with van der Waals surface area (Å²) in [6.07, 6.45) is 3.97. The average molecular weight is 373 g/mol. The van der Waals surface area contributed by atoms with Gasteiger partial charge in [0.05, 0.1) is 22.7 Å². The Morgan fingerprint density at radius 2 is 2.00 bits per heavy atom. The number of hydrogen-bond acceptors (Lipinski definition) is 3. The van der Waals surface area contributed by atoms with Crippen LogP contribution in [0.5, 0.6) is 0 Å². The number of aromatic nitrogens is 1. The number of para-hydroxylation sites is 1. The number of H-pyrrole nitrogens is 1. The second kappa shape index (κ2) is 7.82. The van der Waals surface area contributed by atoms with Crippen molar-refractivity contribution >= 4 is 27.7 Å². The van der Waals surface area contributed by atoms with Gasteiger partial charge in [-0.25, -0.2) is 4.99 Å². The van der Waals surface area contributed by atoms with Crippen molar-refractivity contribution in [3.63, 3.8) is 0 Å². The standard InChI is InChI=1S/C23H23N3O2/c1-3-15(2)24-13-16-6-4-9-20-19-8-5-7-18(12-21(19)26-22(16)20)25-23(27)17-10-11-28-14-17/h4-12,14-15,24,26H,3,13H2,1-2H3. The maximum atomic E-state index is 12.3. The van der Waals surface area contributed by atoms with Crippen LogP contribution in [-0.2, 0) is 6.54 Å². The SMILES string of the molecule is CCC(C)NCc1cccc2c1[nH]c1cc(=NC(=O)c3ccoc3)cccc12. The van der Waals surface area contributed by atoms with E-state index in [4.69, 9.17) is 4.42 Å². The monoisotopic (exact) mass is 373 g/mol. The van der Waals surface area contributed by atoms with Crippen LogP contribution in [0.4, 0.5) is 0 Å². The first-order valence-corrected chi connectivity index (χ1v) is 9.54. The number of carbonyl (C=O) groups is 1. The smallest absolute Gasteiger partial charge is 0.280 e. The highest BCUT2D eigenvalue weighted by molar-refractivity contribution is 6.08. The Morgan fingerprint density at radius 1 is 1.18 bits per heavy atom. The van der Waals surface area contributed by atoms with Crippen molar-refractivity contribution in [2.24, 2.45) is 4.99 Å². The number of aromatic amines is 1. The molecule has 1 unspecified atom stereocenters. The van der Waals surface area contributed by atoms with E-state index in [0.717, 1.165) is 29.4 Å². The Labute approximate surface area is 163 Å². The predicted octanol–water partition coefficient (Wildman–Crippen LogP) is 4.54. The van der Waals surface area contributed by atoms with E-state index in [1.165, 1.54) is 23.5 Å². The molecule has 142 valence electrons. The lowest BCUT2D eigenvalue weighted by molar-refractivity contribution is 0.0998. The number of nitrogens with one attached hydrogen (secondary N) is 2. The van der Waals surface area contributed by atoms with Gasteiger partial charge in [0.15, 0.2) is 0 Å². The Bertz CT molecular complexity index is 1190. The summed E-state index contributed by atoms with van der Waals surface area (Å²) in [6, 6.07) is 16.2. The molecule has 1 atom stereocenters. The zero-order valence-corrected chi connectivity index (χ0v) is 16.0. The lowest BCUT2D eigenvalue weighted by Crippen LogP contribution is -2.24. The number of furan rings is 1. The second-order valence-corrected chi connectivity index (χ2v) is 7.01. The van der Waals surface area contributed by atoms with E-state index in [0.29, 0.717) is 17.0 Å². The van der Waals surface area contributed by atoms with Crippen LogP contribution in [0.3, 0.4) is 0 Å². The highest BCUT2D eigenvalue weighted by Crippen LogP contribution is 2.26. The molecule has 0 saturated carbocycles. The third-order valence-electron chi connectivity index (χ3n) is 5.06. The molecular formula is C23H23N3O2. The van der Waals surface area contributed by atoms with E-state index in [1.54, 1.807) is 6.07 Å². The molecule has 0 aliphatic rings. The fourth-order valence-electron chi connectivity index (χ4n) is 3.26. The summed E-state index contributed by atoms with van der Waals surface area (Å²) >= 11 is 0. The fraction of sp³-hybridized carbons (Fsp3) is 0.217. The zero-order chi connectivity index (χ0) is 19.5. The van der Waals surface area contributed by atoms with E-state index >= 15 is 0 Å². The van der Waals surface area contributed by atoms with E-state index in [9.17, 15) is 4.79 Å². The van der Waals surface area contributed by atoms with Crippen molar-refractivity contribution < 1.29 is 9.21 Å². The molecule has 5 heteroatoms. The molecule has 4 rings (SSSR count). The van der Waals surface area contributed by atoms with E-state index in [1.807, 2.05) is 18.2 Å². The van der Waals surface area contributed by atoms with E-state index < -0.39 is 0 Å². The molecule has 0 aliphatic carbocycles. The number of hydrogen-bond donors (Lipinski definition) is 2. The Kier molecular flexibility index (Phi) is 5.08. The molecule has 0 fully saturated rings. The van der Waals surface area contributed by atoms with Crippen LogP contribution in [0, 0.1) is 0 Å². The number of nitrogens with zero attached hydrogens (tertiary/aromatic N) is 1. The molecule has 0 saturated heterocycles. The third-order valence-corrected chi connectivity index (χ3v) is 5.06. The average Bonchev–Trinajstić information content (AvgIpc) is 3.31. The number of fused-ring (bicyclic) bond motifs is 3. The van der Waals surface area contributed by atoms with E-state index in [2.05, 4.69) is 53.4 Å². The number of amides is 1. The van der Waals surface area contributed by atoms with Gasteiger partial charge in [0.25, 0.3) is 5.91 Å². The molecule has 2 N–H and O–H groups in total. The molecule has 0 bridgehead atoms. The molecule has 0 spiro atoms. The molecule has 28 heavy (non-hydrogen) atoms.